The van der Waals surface area contributed by atoms with Crippen molar-refractivity contribution in [2.75, 3.05) is 7.11 Å². The van der Waals surface area contributed by atoms with Crippen LogP contribution in [0, 0.1) is 0 Å². The number of rotatable bonds is 8. The SMILES string of the molecule is COc1ccc(-c2cnc(-c3ccccc3C(=O)NC(C)CCc3ccccc3)o2)cc1. The number of oxazole rings is 1. The lowest BCUT2D eigenvalue weighted by atomic mass is 10.0. The molecular formula is C27H26N2O3. The summed E-state index contributed by atoms with van der Waals surface area (Å²) in [6.07, 6.45) is 3.45. The molecule has 1 N–H and O–H groups in total. The van der Waals surface area contributed by atoms with Crippen LogP contribution in [0.2, 0.25) is 0 Å². The molecule has 4 rings (SSSR count). The molecule has 0 spiro atoms. The minimum Gasteiger partial charge on any atom is -0.497 e. The molecule has 162 valence electrons. The topological polar surface area (TPSA) is 64.4 Å². The van der Waals surface area contributed by atoms with E-state index in [0.29, 0.717) is 22.8 Å². The number of nitrogens with zero attached hydrogens (tertiary/aromatic N) is 1. The van der Waals surface area contributed by atoms with Crippen LogP contribution in [0.5, 0.6) is 5.75 Å². The zero-order chi connectivity index (χ0) is 22.3. The molecule has 0 bridgehead atoms. The second-order valence-corrected chi connectivity index (χ2v) is 7.70. The Balaban J connectivity index is 1.47. The summed E-state index contributed by atoms with van der Waals surface area (Å²) in [7, 11) is 1.63. The molecule has 0 saturated carbocycles. The van der Waals surface area contributed by atoms with Gasteiger partial charge in [-0.05, 0) is 61.7 Å². The number of nitrogens with one attached hydrogen (secondary N) is 1. The third-order valence-corrected chi connectivity index (χ3v) is 5.37. The van der Waals surface area contributed by atoms with Gasteiger partial charge in [-0.1, -0.05) is 42.5 Å². The molecule has 4 aromatic rings. The van der Waals surface area contributed by atoms with Crippen molar-refractivity contribution in [2.24, 2.45) is 0 Å². The van der Waals surface area contributed by atoms with Crippen LogP contribution in [-0.2, 0) is 6.42 Å². The number of amides is 1. The van der Waals surface area contributed by atoms with E-state index in [9.17, 15) is 4.79 Å². The number of carbonyl (C=O) groups is 1. The molecule has 1 atom stereocenters. The van der Waals surface area contributed by atoms with Gasteiger partial charge in [0.05, 0.1) is 18.9 Å². The van der Waals surface area contributed by atoms with Crippen molar-refractivity contribution >= 4 is 5.91 Å². The summed E-state index contributed by atoms with van der Waals surface area (Å²) in [5, 5.41) is 3.11. The maximum Gasteiger partial charge on any atom is 0.252 e. The Bertz CT molecular complexity index is 1170. The van der Waals surface area contributed by atoms with E-state index in [1.165, 1.54) is 5.56 Å². The highest BCUT2D eigenvalue weighted by Gasteiger charge is 2.18. The van der Waals surface area contributed by atoms with E-state index in [1.807, 2.05) is 67.6 Å². The lowest BCUT2D eigenvalue weighted by molar-refractivity contribution is 0.0939. The molecule has 0 saturated heterocycles. The highest BCUT2D eigenvalue weighted by Crippen LogP contribution is 2.29. The van der Waals surface area contributed by atoms with Crippen molar-refractivity contribution in [3.8, 4) is 28.5 Å². The number of benzene rings is 3. The van der Waals surface area contributed by atoms with Gasteiger partial charge in [-0.15, -0.1) is 0 Å². The first-order chi connectivity index (χ1) is 15.6. The molecule has 0 aliphatic heterocycles. The Morgan fingerprint density at radius 1 is 1.00 bits per heavy atom. The fourth-order valence-corrected chi connectivity index (χ4v) is 3.56. The van der Waals surface area contributed by atoms with E-state index in [4.69, 9.17) is 9.15 Å². The Hall–Kier alpha value is -3.86. The lowest BCUT2D eigenvalue weighted by Crippen LogP contribution is -2.33. The van der Waals surface area contributed by atoms with Gasteiger partial charge >= 0.3 is 0 Å². The van der Waals surface area contributed by atoms with Crippen LogP contribution < -0.4 is 10.1 Å². The van der Waals surface area contributed by atoms with Crippen molar-refractivity contribution in [2.45, 2.75) is 25.8 Å². The monoisotopic (exact) mass is 426 g/mol. The Morgan fingerprint density at radius 3 is 2.47 bits per heavy atom. The molecule has 1 amide bonds. The van der Waals surface area contributed by atoms with E-state index in [-0.39, 0.29) is 11.9 Å². The first-order valence-electron chi connectivity index (χ1n) is 10.7. The molecule has 0 aliphatic carbocycles. The average molecular weight is 427 g/mol. The molecule has 5 nitrogen and oxygen atoms in total. The van der Waals surface area contributed by atoms with Crippen LogP contribution in [-0.4, -0.2) is 24.0 Å². The highest BCUT2D eigenvalue weighted by atomic mass is 16.5. The quantitative estimate of drug-likeness (QED) is 0.389. The van der Waals surface area contributed by atoms with Crippen molar-refractivity contribution in [1.82, 2.24) is 10.3 Å². The van der Waals surface area contributed by atoms with Gasteiger partial charge in [0, 0.05) is 17.2 Å². The largest absolute Gasteiger partial charge is 0.497 e. The van der Waals surface area contributed by atoms with Crippen LogP contribution >= 0.6 is 0 Å². The fourth-order valence-electron chi connectivity index (χ4n) is 3.56. The third-order valence-electron chi connectivity index (χ3n) is 5.37. The summed E-state index contributed by atoms with van der Waals surface area (Å²) in [6.45, 7) is 2.02. The average Bonchev–Trinajstić information content (AvgIpc) is 3.34. The van der Waals surface area contributed by atoms with Gasteiger partial charge in [-0.25, -0.2) is 4.98 Å². The zero-order valence-corrected chi connectivity index (χ0v) is 18.2. The van der Waals surface area contributed by atoms with E-state index in [2.05, 4.69) is 22.4 Å². The maximum absolute atomic E-state index is 13.0. The Morgan fingerprint density at radius 2 is 1.72 bits per heavy atom. The minimum atomic E-state index is -0.134. The number of hydrogen-bond donors (Lipinski definition) is 1. The van der Waals surface area contributed by atoms with Gasteiger partial charge in [0.1, 0.15) is 5.75 Å². The fraction of sp³-hybridized carbons (Fsp3) is 0.185. The van der Waals surface area contributed by atoms with Crippen LogP contribution in [0.25, 0.3) is 22.8 Å². The van der Waals surface area contributed by atoms with E-state index in [1.54, 1.807) is 19.4 Å². The number of aromatic nitrogens is 1. The molecule has 5 heteroatoms. The summed E-state index contributed by atoms with van der Waals surface area (Å²) in [5.74, 6) is 1.69. The minimum absolute atomic E-state index is 0.0372. The second-order valence-electron chi connectivity index (χ2n) is 7.70. The molecule has 32 heavy (non-hydrogen) atoms. The molecule has 0 aliphatic rings. The number of methoxy groups -OCH3 is 1. The second kappa shape index (κ2) is 9.96. The highest BCUT2D eigenvalue weighted by molar-refractivity contribution is 6.00. The van der Waals surface area contributed by atoms with Crippen molar-refractivity contribution < 1.29 is 13.9 Å². The summed E-state index contributed by atoms with van der Waals surface area (Å²) >= 11 is 0. The molecule has 1 heterocycles. The molecule has 1 unspecified atom stereocenters. The van der Waals surface area contributed by atoms with Gasteiger partial charge in [-0.3, -0.25) is 4.79 Å². The number of ether oxygens (including phenoxy) is 1. The maximum atomic E-state index is 13.0. The van der Waals surface area contributed by atoms with Crippen molar-refractivity contribution in [3.05, 3.63) is 96.2 Å². The van der Waals surface area contributed by atoms with E-state index >= 15 is 0 Å². The molecular weight excluding hydrogens is 400 g/mol. The van der Waals surface area contributed by atoms with Gasteiger partial charge in [0.2, 0.25) is 5.89 Å². The van der Waals surface area contributed by atoms with Crippen LogP contribution in [0.15, 0.2) is 89.5 Å². The number of carbonyl (C=O) groups excluding carboxylic acids is 1. The molecule has 0 fully saturated rings. The van der Waals surface area contributed by atoms with Gasteiger partial charge in [-0.2, -0.15) is 0 Å². The summed E-state index contributed by atoms with van der Waals surface area (Å²) in [5.41, 5.74) is 3.36. The van der Waals surface area contributed by atoms with Crippen molar-refractivity contribution in [1.29, 1.82) is 0 Å². The lowest BCUT2D eigenvalue weighted by Gasteiger charge is -2.15. The smallest absolute Gasteiger partial charge is 0.252 e. The van der Waals surface area contributed by atoms with Gasteiger partial charge in [0.15, 0.2) is 5.76 Å². The zero-order valence-electron chi connectivity index (χ0n) is 18.2. The molecule has 0 radical (unpaired) electrons. The van der Waals surface area contributed by atoms with Crippen LogP contribution in [0.4, 0.5) is 0 Å². The van der Waals surface area contributed by atoms with Crippen molar-refractivity contribution in [3.63, 3.8) is 0 Å². The predicted molar refractivity (Wildman–Crippen MR) is 126 cm³/mol. The van der Waals surface area contributed by atoms with Gasteiger partial charge < -0.3 is 14.5 Å². The van der Waals surface area contributed by atoms with E-state index in [0.717, 1.165) is 24.2 Å². The number of aryl methyl sites for hydroxylation is 1. The number of hydrogen-bond acceptors (Lipinski definition) is 4. The normalized spacial score (nSPS) is 11.7. The predicted octanol–water partition coefficient (Wildman–Crippen LogP) is 5.77. The van der Waals surface area contributed by atoms with Crippen LogP contribution in [0.3, 0.4) is 0 Å². The first kappa shape index (κ1) is 21.4. The van der Waals surface area contributed by atoms with E-state index < -0.39 is 0 Å². The molecule has 1 aromatic heterocycles. The summed E-state index contributed by atoms with van der Waals surface area (Å²) in [6, 6.07) is 25.3. The first-order valence-corrected chi connectivity index (χ1v) is 10.7. The Kier molecular flexibility index (Phi) is 6.66. The van der Waals surface area contributed by atoms with Gasteiger partial charge in [0.25, 0.3) is 5.91 Å². The standard InChI is InChI=1S/C27H26N2O3/c1-19(12-13-20-8-4-3-5-9-20)29-26(30)23-10-6-7-11-24(23)27-28-18-25(32-27)21-14-16-22(31-2)17-15-21/h3-11,14-19H,12-13H2,1-2H3,(H,29,30). The molecule has 3 aromatic carbocycles. The van der Waals surface area contributed by atoms with Crippen LogP contribution in [0.1, 0.15) is 29.3 Å². The third kappa shape index (κ3) is 5.06. The summed E-state index contributed by atoms with van der Waals surface area (Å²) < 4.78 is 11.2. The summed E-state index contributed by atoms with van der Waals surface area (Å²) in [4.78, 5) is 17.4. The Labute approximate surface area is 188 Å².